The number of aromatic nitrogens is 1. The number of ether oxygens (including phenoxy) is 1. The second-order valence-electron chi connectivity index (χ2n) is 8.53. The third kappa shape index (κ3) is 5.68. The zero-order chi connectivity index (χ0) is 19.6. The fourth-order valence-corrected chi connectivity index (χ4v) is 4.57. The maximum atomic E-state index is 12.8. The van der Waals surface area contributed by atoms with Gasteiger partial charge < -0.3 is 20.4 Å². The largest absolute Gasteiger partial charge is 0.379 e. The first-order valence-corrected chi connectivity index (χ1v) is 10.5. The Labute approximate surface area is 191 Å². The predicted molar refractivity (Wildman–Crippen MR) is 127 cm³/mol. The second kappa shape index (κ2) is 10.8. The Hall–Kier alpha value is -1.31. The van der Waals surface area contributed by atoms with Crippen molar-refractivity contribution in [1.82, 2.24) is 9.47 Å². The van der Waals surface area contributed by atoms with Gasteiger partial charge in [0.1, 0.15) is 0 Å². The number of nitrogens with one attached hydrogen (secondary N) is 1. The zero-order valence-electron chi connectivity index (χ0n) is 17.6. The van der Waals surface area contributed by atoms with Gasteiger partial charge in [-0.05, 0) is 44.0 Å². The van der Waals surface area contributed by atoms with Gasteiger partial charge in [-0.1, -0.05) is 12.8 Å². The number of morpholine rings is 1. The van der Waals surface area contributed by atoms with Crippen LogP contribution in [0, 0.1) is 5.92 Å². The molecule has 1 aromatic heterocycles. The van der Waals surface area contributed by atoms with Gasteiger partial charge in [-0.25, -0.2) is 0 Å². The normalized spacial score (nSPS) is 24.7. The summed E-state index contributed by atoms with van der Waals surface area (Å²) in [4.78, 5) is 15.2. The topological polar surface area (TPSA) is 72.5 Å². The minimum Gasteiger partial charge on any atom is -0.379 e. The van der Waals surface area contributed by atoms with Crippen molar-refractivity contribution < 1.29 is 9.53 Å². The van der Waals surface area contributed by atoms with E-state index in [9.17, 15) is 4.79 Å². The lowest BCUT2D eigenvalue weighted by atomic mass is 9.74. The fourth-order valence-electron chi connectivity index (χ4n) is 4.57. The molecule has 1 saturated heterocycles. The number of carbonyl (C=O) groups excluding carboxylic acids is 1. The Morgan fingerprint density at radius 3 is 2.70 bits per heavy atom. The number of rotatable bonds is 5. The average Bonchev–Trinajstić information content (AvgIpc) is 3.09. The number of nitrogens with two attached hydrogens (primary N) is 1. The number of hydrogen-bond donors (Lipinski definition) is 2. The Kier molecular flexibility index (Phi) is 9.00. The van der Waals surface area contributed by atoms with Crippen LogP contribution in [0.3, 0.4) is 0 Å². The molecule has 3 N–H and O–H groups in total. The molecule has 0 radical (unpaired) electrons. The number of carbonyl (C=O) groups is 1. The molecule has 2 unspecified atom stereocenters. The zero-order valence-corrected chi connectivity index (χ0v) is 19.3. The van der Waals surface area contributed by atoms with Crippen molar-refractivity contribution in [3.63, 3.8) is 0 Å². The van der Waals surface area contributed by atoms with Crippen LogP contribution in [0.25, 0.3) is 10.9 Å². The summed E-state index contributed by atoms with van der Waals surface area (Å²) in [5.74, 6) is -0.0640. The van der Waals surface area contributed by atoms with Gasteiger partial charge in [-0.3, -0.25) is 9.69 Å². The average molecular weight is 457 g/mol. The van der Waals surface area contributed by atoms with E-state index in [2.05, 4.69) is 39.2 Å². The van der Waals surface area contributed by atoms with E-state index in [4.69, 9.17) is 10.5 Å². The molecule has 1 aliphatic heterocycles. The molecule has 2 fully saturated rings. The molecular weight excluding hydrogens is 423 g/mol. The first-order chi connectivity index (χ1) is 13.5. The summed E-state index contributed by atoms with van der Waals surface area (Å²) in [6.45, 7) is 7.68. The molecule has 168 valence electrons. The summed E-state index contributed by atoms with van der Waals surface area (Å²) < 4.78 is 7.70. The van der Waals surface area contributed by atoms with E-state index < -0.39 is 5.54 Å². The number of benzene rings is 1. The van der Waals surface area contributed by atoms with Crippen molar-refractivity contribution in [3.05, 3.63) is 30.5 Å². The summed E-state index contributed by atoms with van der Waals surface area (Å²) in [5.41, 5.74) is 8.03. The van der Waals surface area contributed by atoms with Crippen molar-refractivity contribution in [2.45, 2.75) is 44.7 Å². The van der Waals surface area contributed by atoms with Gasteiger partial charge in [-0.15, -0.1) is 24.8 Å². The molecule has 6 nitrogen and oxygen atoms in total. The summed E-state index contributed by atoms with van der Waals surface area (Å²) in [5, 5.41) is 4.25. The van der Waals surface area contributed by atoms with Crippen LogP contribution in [0.1, 0.15) is 32.6 Å². The lowest BCUT2D eigenvalue weighted by molar-refractivity contribution is -0.122. The maximum Gasteiger partial charge on any atom is 0.229 e. The van der Waals surface area contributed by atoms with E-state index in [1.54, 1.807) is 0 Å². The van der Waals surface area contributed by atoms with Crippen molar-refractivity contribution >= 4 is 47.3 Å². The Morgan fingerprint density at radius 2 is 1.97 bits per heavy atom. The molecule has 1 aliphatic carbocycles. The van der Waals surface area contributed by atoms with Gasteiger partial charge in [-0.2, -0.15) is 0 Å². The quantitative estimate of drug-likeness (QED) is 0.719. The molecular formula is C22H34Cl2N4O2. The molecule has 2 atom stereocenters. The number of nitrogens with zero attached hydrogens (tertiary/aromatic N) is 2. The lowest BCUT2D eigenvalue weighted by Crippen LogP contribution is -2.51. The van der Waals surface area contributed by atoms with Crippen molar-refractivity contribution in [2.75, 3.05) is 38.2 Å². The third-order valence-electron chi connectivity index (χ3n) is 6.37. The molecule has 1 saturated carbocycles. The maximum absolute atomic E-state index is 12.8. The smallest absolute Gasteiger partial charge is 0.229 e. The van der Waals surface area contributed by atoms with Crippen molar-refractivity contribution in [2.24, 2.45) is 11.7 Å². The van der Waals surface area contributed by atoms with E-state index >= 15 is 0 Å². The van der Waals surface area contributed by atoms with Crippen LogP contribution in [0.15, 0.2) is 30.5 Å². The second-order valence-corrected chi connectivity index (χ2v) is 8.53. The van der Waals surface area contributed by atoms with Gasteiger partial charge in [0.25, 0.3) is 0 Å². The fraction of sp³-hybridized carbons (Fsp3) is 0.591. The van der Waals surface area contributed by atoms with Gasteiger partial charge >= 0.3 is 0 Å². The van der Waals surface area contributed by atoms with Gasteiger partial charge in [0.15, 0.2) is 0 Å². The van der Waals surface area contributed by atoms with E-state index in [-0.39, 0.29) is 36.6 Å². The van der Waals surface area contributed by atoms with E-state index in [0.29, 0.717) is 0 Å². The summed E-state index contributed by atoms with van der Waals surface area (Å²) in [6.07, 6.45) is 6.11. The molecule has 2 heterocycles. The number of fused-ring (bicyclic) bond motifs is 1. The predicted octanol–water partition coefficient (Wildman–Crippen LogP) is 3.66. The third-order valence-corrected chi connectivity index (χ3v) is 6.37. The monoisotopic (exact) mass is 456 g/mol. The molecule has 2 aromatic rings. The van der Waals surface area contributed by atoms with Crippen LogP contribution in [0.4, 0.5) is 5.69 Å². The molecule has 4 rings (SSSR count). The lowest BCUT2D eigenvalue weighted by Gasteiger charge is -2.37. The highest BCUT2D eigenvalue weighted by Crippen LogP contribution is 2.32. The van der Waals surface area contributed by atoms with Crippen LogP contribution < -0.4 is 11.1 Å². The highest BCUT2D eigenvalue weighted by molar-refractivity contribution is 5.96. The SMILES string of the molecule is CC1(N)CCCCC1C(=O)Nc1ccc2c(ccn2CCN2CCOCC2)c1.Cl.Cl. The number of amides is 1. The first-order valence-electron chi connectivity index (χ1n) is 10.5. The highest BCUT2D eigenvalue weighted by Gasteiger charge is 2.37. The molecule has 2 aliphatic rings. The van der Waals surface area contributed by atoms with E-state index in [0.717, 1.165) is 76.1 Å². The minimum absolute atomic E-state index is 0. The molecule has 8 heteroatoms. The Balaban J connectivity index is 0.00000160. The number of halogens is 2. The Bertz CT molecular complexity index is 834. The number of anilines is 1. The van der Waals surface area contributed by atoms with Crippen LogP contribution in [0.5, 0.6) is 0 Å². The van der Waals surface area contributed by atoms with E-state index in [1.807, 2.05) is 13.0 Å². The van der Waals surface area contributed by atoms with Gasteiger partial charge in [0.2, 0.25) is 5.91 Å². The molecule has 0 bridgehead atoms. The minimum atomic E-state index is -0.407. The van der Waals surface area contributed by atoms with Gasteiger partial charge in [0.05, 0.1) is 19.1 Å². The molecule has 0 spiro atoms. The number of hydrogen-bond acceptors (Lipinski definition) is 4. The highest BCUT2D eigenvalue weighted by atomic mass is 35.5. The summed E-state index contributed by atoms with van der Waals surface area (Å²) >= 11 is 0. The first kappa shape index (κ1) is 25.0. The molecule has 1 aromatic carbocycles. The van der Waals surface area contributed by atoms with Crippen LogP contribution in [-0.4, -0.2) is 53.8 Å². The molecule has 1 amide bonds. The Morgan fingerprint density at radius 1 is 1.20 bits per heavy atom. The van der Waals surface area contributed by atoms with Crippen molar-refractivity contribution in [3.8, 4) is 0 Å². The van der Waals surface area contributed by atoms with E-state index in [1.165, 1.54) is 5.52 Å². The summed E-state index contributed by atoms with van der Waals surface area (Å²) in [6, 6.07) is 8.29. The molecule has 30 heavy (non-hydrogen) atoms. The van der Waals surface area contributed by atoms with Crippen LogP contribution >= 0.6 is 24.8 Å². The van der Waals surface area contributed by atoms with Crippen LogP contribution in [0.2, 0.25) is 0 Å². The standard InChI is InChI=1S/C22H32N4O2.2ClH/c1-22(23)8-3-2-4-19(22)21(27)24-18-5-6-20-17(16-18)7-9-26(20)11-10-25-12-14-28-15-13-25;;/h5-7,9,16,19H,2-4,8,10-15,23H2,1H3,(H,24,27);2*1H. The van der Waals surface area contributed by atoms with Crippen molar-refractivity contribution in [1.29, 1.82) is 0 Å². The van der Waals surface area contributed by atoms with Crippen LogP contribution in [-0.2, 0) is 16.1 Å². The van der Waals surface area contributed by atoms with Gasteiger partial charge in [0, 0.05) is 54.5 Å². The summed E-state index contributed by atoms with van der Waals surface area (Å²) in [7, 11) is 0.